The van der Waals surface area contributed by atoms with E-state index < -0.39 is 16.7 Å². The molecule has 0 bridgehead atoms. The van der Waals surface area contributed by atoms with Crippen molar-refractivity contribution >= 4 is 52.6 Å². The summed E-state index contributed by atoms with van der Waals surface area (Å²) in [5, 5.41) is 19.7. The van der Waals surface area contributed by atoms with Crippen molar-refractivity contribution in [3.05, 3.63) is 135 Å². The van der Waals surface area contributed by atoms with Gasteiger partial charge in [0.15, 0.2) is 0 Å². The number of rotatable bonds is 12. The van der Waals surface area contributed by atoms with Crippen molar-refractivity contribution in [3.8, 4) is 0 Å². The molecule has 0 aliphatic rings. The van der Waals surface area contributed by atoms with Gasteiger partial charge in [0.05, 0.1) is 15.7 Å². The van der Waals surface area contributed by atoms with E-state index in [4.69, 9.17) is 0 Å². The normalized spacial score (nSPS) is 11.8. The number of carbonyl (C=O) groups is 3. The smallest absolute Gasteiger partial charge is 0.276 e. The van der Waals surface area contributed by atoms with Gasteiger partial charge in [-0.05, 0) is 73.4 Å². The number of hydrogen-bond acceptors (Lipinski definition) is 6. The van der Waals surface area contributed by atoms with Crippen molar-refractivity contribution in [3.63, 3.8) is 0 Å². The molecule has 1 atom stereocenters. The summed E-state index contributed by atoms with van der Waals surface area (Å²) in [6, 6.07) is 27.3. The summed E-state index contributed by atoms with van der Waals surface area (Å²) < 4.78 is 0. The maximum absolute atomic E-state index is 13.5. The Labute approximate surface area is 266 Å². The Morgan fingerprint density at radius 1 is 0.889 bits per heavy atom. The molecule has 9 nitrogen and oxygen atoms in total. The summed E-state index contributed by atoms with van der Waals surface area (Å²) in [6.07, 6.45) is 2.65. The Hall–Kier alpha value is -5.22. The molecule has 0 spiro atoms. The highest BCUT2D eigenvalue weighted by molar-refractivity contribution is 8.00. The van der Waals surface area contributed by atoms with Gasteiger partial charge in [-0.15, -0.1) is 11.8 Å². The van der Waals surface area contributed by atoms with Crippen LogP contribution in [-0.2, 0) is 16.0 Å². The van der Waals surface area contributed by atoms with Crippen LogP contribution < -0.4 is 16.0 Å². The van der Waals surface area contributed by atoms with E-state index in [1.807, 2.05) is 45.0 Å². The molecular formula is C35H34N4O5S. The second-order valence-electron chi connectivity index (χ2n) is 10.1. The predicted octanol–water partition coefficient (Wildman–Crippen LogP) is 7.38. The first-order chi connectivity index (χ1) is 21.7. The predicted molar refractivity (Wildman–Crippen MR) is 179 cm³/mol. The lowest BCUT2D eigenvalue weighted by Crippen LogP contribution is -2.30. The summed E-state index contributed by atoms with van der Waals surface area (Å²) in [4.78, 5) is 51.6. The number of anilines is 2. The fourth-order valence-electron chi connectivity index (χ4n) is 4.61. The third-order valence-corrected chi connectivity index (χ3v) is 8.34. The molecule has 45 heavy (non-hydrogen) atoms. The van der Waals surface area contributed by atoms with E-state index in [1.54, 1.807) is 54.6 Å². The maximum atomic E-state index is 13.5. The van der Waals surface area contributed by atoms with Gasteiger partial charge in [0, 0.05) is 27.9 Å². The first-order valence-electron chi connectivity index (χ1n) is 14.5. The van der Waals surface area contributed by atoms with Crippen LogP contribution >= 0.6 is 11.8 Å². The summed E-state index contributed by atoms with van der Waals surface area (Å²) >= 11 is 1.38. The molecule has 0 aliphatic carbocycles. The fraction of sp³-hybridized carbons (Fsp3) is 0.171. The quantitative estimate of drug-likeness (QED) is 0.0654. The minimum Gasteiger partial charge on any atom is -0.325 e. The van der Waals surface area contributed by atoms with Crippen LogP contribution in [0.25, 0.3) is 6.08 Å². The highest BCUT2D eigenvalue weighted by Crippen LogP contribution is 2.30. The Morgan fingerprint density at radius 3 is 2.31 bits per heavy atom. The second-order valence-corrected chi connectivity index (χ2v) is 11.4. The number of nitrogens with one attached hydrogen (secondary N) is 3. The summed E-state index contributed by atoms with van der Waals surface area (Å²) in [7, 11) is 0. The minimum absolute atomic E-state index is 0.112. The maximum Gasteiger partial charge on any atom is 0.276 e. The SMILES string of the molecule is CCc1cccc(C)c1NC(=O)C(CC)Sc1cccc(NC(=O)/C(=C\c2ccccc2[N+](=O)[O-])NC(=O)c2ccccc2)c1. The number of hydrogen-bond donors (Lipinski definition) is 3. The highest BCUT2D eigenvalue weighted by atomic mass is 32.2. The van der Waals surface area contributed by atoms with E-state index >= 15 is 0 Å². The zero-order valence-corrected chi connectivity index (χ0v) is 26.0. The van der Waals surface area contributed by atoms with Gasteiger partial charge in [-0.2, -0.15) is 0 Å². The van der Waals surface area contributed by atoms with E-state index in [9.17, 15) is 24.5 Å². The Kier molecular flexibility index (Phi) is 11.3. The number of nitrogens with zero attached hydrogens (tertiary/aromatic N) is 1. The van der Waals surface area contributed by atoms with Crippen LogP contribution in [0.3, 0.4) is 0 Å². The van der Waals surface area contributed by atoms with Crippen molar-refractivity contribution in [1.29, 1.82) is 0 Å². The lowest BCUT2D eigenvalue weighted by atomic mass is 10.1. The lowest BCUT2D eigenvalue weighted by molar-refractivity contribution is -0.385. The van der Waals surface area contributed by atoms with Gasteiger partial charge in [-0.1, -0.05) is 68.4 Å². The molecule has 0 aromatic heterocycles. The number of thioether (sulfide) groups is 1. The van der Waals surface area contributed by atoms with Gasteiger partial charge < -0.3 is 16.0 Å². The van der Waals surface area contributed by atoms with E-state index in [0.717, 1.165) is 28.1 Å². The zero-order chi connectivity index (χ0) is 32.3. The second kappa shape index (κ2) is 15.5. The Bertz CT molecular complexity index is 1740. The molecule has 3 amide bonds. The lowest BCUT2D eigenvalue weighted by Gasteiger charge is -2.18. The average Bonchev–Trinajstić information content (AvgIpc) is 3.04. The molecule has 0 saturated carbocycles. The molecule has 1 unspecified atom stereocenters. The largest absolute Gasteiger partial charge is 0.325 e. The van der Waals surface area contributed by atoms with E-state index in [1.165, 1.54) is 36.0 Å². The van der Waals surface area contributed by atoms with E-state index in [0.29, 0.717) is 17.7 Å². The fourth-order valence-corrected chi connectivity index (χ4v) is 5.62. The number of amides is 3. The zero-order valence-electron chi connectivity index (χ0n) is 25.2. The van der Waals surface area contributed by atoms with Crippen LogP contribution in [0, 0.1) is 17.0 Å². The Balaban J connectivity index is 1.55. The van der Waals surface area contributed by atoms with Gasteiger partial charge in [-0.25, -0.2) is 0 Å². The van der Waals surface area contributed by atoms with Crippen LogP contribution in [0.2, 0.25) is 0 Å². The molecule has 4 aromatic carbocycles. The minimum atomic E-state index is -0.670. The average molecular weight is 623 g/mol. The van der Waals surface area contributed by atoms with Crippen LogP contribution in [0.4, 0.5) is 17.1 Å². The third kappa shape index (κ3) is 8.67. The number of nitro benzene ring substituents is 1. The molecule has 0 radical (unpaired) electrons. The van der Waals surface area contributed by atoms with Crippen LogP contribution in [-0.4, -0.2) is 27.9 Å². The molecular weight excluding hydrogens is 588 g/mol. The molecule has 10 heteroatoms. The van der Waals surface area contributed by atoms with Crippen LogP contribution in [0.15, 0.2) is 108 Å². The highest BCUT2D eigenvalue weighted by Gasteiger charge is 2.21. The van der Waals surface area contributed by atoms with E-state index in [-0.39, 0.29) is 28.1 Å². The monoisotopic (exact) mass is 622 g/mol. The van der Waals surface area contributed by atoms with Gasteiger partial charge in [0.1, 0.15) is 5.70 Å². The van der Waals surface area contributed by atoms with Gasteiger partial charge in [-0.3, -0.25) is 24.5 Å². The van der Waals surface area contributed by atoms with Crippen molar-refractivity contribution in [2.45, 2.75) is 43.8 Å². The summed E-state index contributed by atoms with van der Waals surface area (Å²) in [6.45, 7) is 5.96. The van der Waals surface area contributed by atoms with Gasteiger partial charge in [0.2, 0.25) is 5.91 Å². The van der Waals surface area contributed by atoms with Crippen molar-refractivity contribution in [1.82, 2.24) is 5.32 Å². The first kappa shape index (κ1) is 32.7. The summed E-state index contributed by atoms with van der Waals surface area (Å²) in [5.74, 6) is -1.33. The van der Waals surface area contributed by atoms with Crippen molar-refractivity contribution in [2.24, 2.45) is 0 Å². The van der Waals surface area contributed by atoms with Gasteiger partial charge in [0.25, 0.3) is 17.5 Å². The van der Waals surface area contributed by atoms with Gasteiger partial charge >= 0.3 is 0 Å². The molecule has 4 aromatic rings. The van der Waals surface area contributed by atoms with Crippen LogP contribution in [0.5, 0.6) is 0 Å². The standard InChI is InChI=1S/C35H34N4O5S/c1-4-24-17-11-13-23(3)32(24)38-35(42)31(5-2)45-28-19-12-18-27(22-28)36-34(41)29(37-33(40)25-14-7-6-8-15-25)21-26-16-9-10-20-30(26)39(43)44/h6-22,31H,4-5H2,1-3H3,(H,36,41)(H,37,40)(H,38,42)/b29-21+. The Morgan fingerprint density at radius 2 is 1.60 bits per heavy atom. The molecule has 0 saturated heterocycles. The number of para-hydroxylation sites is 2. The number of carbonyl (C=O) groups excluding carboxylic acids is 3. The number of benzene rings is 4. The molecule has 0 fully saturated rings. The number of aryl methyl sites for hydroxylation is 2. The topological polar surface area (TPSA) is 130 Å². The van der Waals surface area contributed by atoms with E-state index in [2.05, 4.69) is 16.0 Å². The molecule has 0 heterocycles. The van der Waals surface area contributed by atoms with Crippen molar-refractivity contribution < 1.29 is 19.3 Å². The third-order valence-electron chi connectivity index (χ3n) is 6.98. The summed E-state index contributed by atoms with van der Waals surface area (Å²) in [5.41, 5.74) is 3.41. The first-order valence-corrected chi connectivity index (χ1v) is 15.4. The molecule has 0 aliphatic heterocycles. The molecule has 230 valence electrons. The molecule has 3 N–H and O–H groups in total. The number of nitro groups is 1. The van der Waals surface area contributed by atoms with Crippen molar-refractivity contribution in [2.75, 3.05) is 10.6 Å². The van der Waals surface area contributed by atoms with Crippen LogP contribution in [0.1, 0.15) is 47.3 Å². The molecule has 4 rings (SSSR count).